The lowest BCUT2D eigenvalue weighted by Crippen LogP contribution is -2.60. The maximum atomic E-state index is 14.4. The molecule has 1 aromatic carbocycles. The van der Waals surface area contributed by atoms with Crippen molar-refractivity contribution in [1.29, 1.82) is 0 Å². The van der Waals surface area contributed by atoms with Gasteiger partial charge in [-0.25, -0.2) is 4.79 Å². The number of carbonyl (C=O) groups is 3. The Kier molecular flexibility index (Phi) is 10.8. The monoisotopic (exact) mass is 529 g/mol. The second kappa shape index (κ2) is 13.0. The van der Waals surface area contributed by atoms with Crippen molar-refractivity contribution in [2.24, 2.45) is 5.92 Å². The Morgan fingerprint density at radius 3 is 2.00 bits per heavy atom. The van der Waals surface area contributed by atoms with Crippen LogP contribution >= 0.6 is 0 Å². The van der Waals surface area contributed by atoms with Crippen LogP contribution in [0.2, 0.25) is 0 Å². The van der Waals surface area contributed by atoms with Crippen LogP contribution in [-0.2, 0) is 14.3 Å². The standard InChI is InChI=1S/C31H51N3O4/c1-11-22(4)25(33-29(37)38-31(8,9)10)28(36)34(30(5,6)7)26(23-18-20(2)17-21(3)19-23)27(35)32-24-15-13-12-14-16-24/h17-19,22,24-26H,11-16H2,1-10H3,(H,32,35)(H,33,37). The Hall–Kier alpha value is -2.57. The molecule has 1 aliphatic rings. The number of hydrogen-bond acceptors (Lipinski definition) is 4. The van der Waals surface area contributed by atoms with Gasteiger partial charge in [-0.2, -0.15) is 0 Å². The molecule has 0 aromatic heterocycles. The molecule has 2 N–H and O–H groups in total. The molecule has 0 heterocycles. The van der Waals surface area contributed by atoms with Crippen LogP contribution in [0.5, 0.6) is 0 Å². The average molecular weight is 530 g/mol. The van der Waals surface area contributed by atoms with Crippen molar-refractivity contribution in [2.75, 3.05) is 0 Å². The topological polar surface area (TPSA) is 87.7 Å². The molecule has 3 unspecified atom stereocenters. The van der Waals surface area contributed by atoms with E-state index in [2.05, 4.69) is 16.7 Å². The number of amides is 3. The molecule has 7 heteroatoms. The maximum absolute atomic E-state index is 14.4. The largest absolute Gasteiger partial charge is 0.444 e. The van der Waals surface area contributed by atoms with Crippen LogP contribution in [0.25, 0.3) is 0 Å². The highest BCUT2D eigenvalue weighted by atomic mass is 16.6. The Labute approximate surface area is 230 Å². The smallest absolute Gasteiger partial charge is 0.408 e. The number of ether oxygens (including phenoxy) is 1. The molecule has 1 fully saturated rings. The van der Waals surface area contributed by atoms with Gasteiger partial charge in [0.2, 0.25) is 11.8 Å². The predicted octanol–water partition coefficient (Wildman–Crippen LogP) is 6.36. The van der Waals surface area contributed by atoms with Crippen molar-refractivity contribution < 1.29 is 19.1 Å². The first-order valence-corrected chi connectivity index (χ1v) is 14.2. The number of nitrogens with one attached hydrogen (secondary N) is 2. The predicted molar refractivity (Wildman–Crippen MR) is 153 cm³/mol. The first-order valence-electron chi connectivity index (χ1n) is 14.2. The molecule has 0 spiro atoms. The summed E-state index contributed by atoms with van der Waals surface area (Å²) >= 11 is 0. The van der Waals surface area contributed by atoms with Crippen molar-refractivity contribution in [3.63, 3.8) is 0 Å². The van der Waals surface area contributed by atoms with Crippen LogP contribution in [0.3, 0.4) is 0 Å². The lowest BCUT2D eigenvalue weighted by atomic mass is 9.90. The van der Waals surface area contributed by atoms with Crippen molar-refractivity contribution in [2.45, 2.75) is 137 Å². The van der Waals surface area contributed by atoms with Gasteiger partial charge in [-0.15, -0.1) is 0 Å². The molecule has 1 aliphatic carbocycles. The Bertz CT molecular complexity index is 950. The second-order valence-corrected chi connectivity index (χ2v) is 13.1. The first-order chi connectivity index (χ1) is 17.5. The van der Waals surface area contributed by atoms with E-state index in [1.54, 1.807) is 25.7 Å². The molecule has 1 aromatic rings. The first kappa shape index (κ1) is 31.6. The Balaban J connectivity index is 2.58. The van der Waals surface area contributed by atoms with E-state index in [9.17, 15) is 14.4 Å². The van der Waals surface area contributed by atoms with Crippen molar-refractivity contribution in [3.8, 4) is 0 Å². The maximum Gasteiger partial charge on any atom is 0.408 e. The van der Waals surface area contributed by atoms with Crippen LogP contribution in [0.1, 0.15) is 117 Å². The van der Waals surface area contributed by atoms with E-state index in [-0.39, 0.29) is 23.8 Å². The van der Waals surface area contributed by atoms with E-state index < -0.39 is 29.3 Å². The zero-order valence-electron chi connectivity index (χ0n) is 25.4. The summed E-state index contributed by atoms with van der Waals surface area (Å²) in [6, 6.07) is 4.47. The molecule has 214 valence electrons. The minimum Gasteiger partial charge on any atom is -0.444 e. The van der Waals surface area contributed by atoms with Gasteiger partial charge in [0.05, 0.1) is 0 Å². The molecule has 7 nitrogen and oxygen atoms in total. The summed E-state index contributed by atoms with van der Waals surface area (Å²) < 4.78 is 5.50. The molecule has 0 aliphatic heterocycles. The highest BCUT2D eigenvalue weighted by Gasteiger charge is 2.43. The van der Waals surface area contributed by atoms with Gasteiger partial charge in [0.1, 0.15) is 17.7 Å². The van der Waals surface area contributed by atoms with Crippen LogP contribution in [0.4, 0.5) is 4.79 Å². The van der Waals surface area contributed by atoms with Gasteiger partial charge in [-0.1, -0.05) is 68.9 Å². The van der Waals surface area contributed by atoms with E-state index in [1.807, 2.05) is 60.6 Å². The van der Waals surface area contributed by atoms with Crippen LogP contribution in [0.15, 0.2) is 18.2 Å². The minimum absolute atomic E-state index is 0.104. The fourth-order valence-corrected chi connectivity index (χ4v) is 5.23. The lowest BCUT2D eigenvalue weighted by Gasteiger charge is -2.44. The number of alkyl carbamates (subject to hydrolysis) is 1. The van der Waals surface area contributed by atoms with Gasteiger partial charge in [0, 0.05) is 11.6 Å². The van der Waals surface area contributed by atoms with Gasteiger partial charge in [-0.3, -0.25) is 9.59 Å². The highest BCUT2D eigenvalue weighted by molar-refractivity contribution is 5.93. The number of carbonyl (C=O) groups excluding carboxylic acids is 3. The highest BCUT2D eigenvalue weighted by Crippen LogP contribution is 2.33. The third-order valence-corrected chi connectivity index (χ3v) is 7.13. The molecular weight excluding hydrogens is 478 g/mol. The normalized spacial score (nSPS) is 17.2. The number of benzene rings is 1. The van der Waals surface area contributed by atoms with E-state index in [1.165, 1.54) is 6.42 Å². The Morgan fingerprint density at radius 2 is 1.53 bits per heavy atom. The fourth-order valence-electron chi connectivity index (χ4n) is 5.23. The molecule has 0 saturated heterocycles. The molecule has 0 bridgehead atoms. The van der Waals surface area contributed by atoms with Crippen molar-refractivity contribution in [1.82, 2.24) is 15.5 Å². The van der Waals surface area contributed by atoms with Gasteiger partial charge < -0.3 is 20.3 Å². The fraction of sp³-hybridized carbons (Fsp3) is 0.710. The quantitative estimate of drug-likeness (QED) is 0.410. The minimum atomic E-state index is -0.843. The molecule has 3 amide bonds. The van der Waals surface area contributed by atoms with E-state index >= 15 is 0 Å². The van der Waals surface area contributed by atoms with Crippen molar-refractivity contribution >= 4 is 17.9 Å². The SMILES string of the molecule is CCC(C)C(NC(=O)OC(C)(C)C)C(=O)N(C(C(=O)NC1CCCCC1)c1cc(C)cc(C)c1)C(C)(C)C. The number of hydrogen-bond donors (Lipinski definition) is 2. The average Bonchev–Trinajstić information content (AvgIpc) is 2.78. The van der Waals surface area contributed by atoms with E-state index in [0.29, 0.717) is 6.42 Å². The van der Waals surface area contributed by atoms with E-state index in [0.717, 1.165) is 42.4 Å². The third kappa shape index (κ3) is 9.02. The molecule has 2 rings (SSSR count). The van der Waals surface area contributed by atoms with Crippen LogP contribution in [-0.4, -0.2) is 46.0 Å². The van der Waals surface area contributed by atoms with Gasteiger partial charge >= 0.3 is 6.09 Å². The molecule has 1 saturated carbocycles. The molecule has 38 heavy (non-hydrogen) atoms. The zero-order valence-corrected chi connectivity index (χ0v) is 25.4. The third-order valence-electron chi connectivity index (χ3n) is 7.13. The van der Waals surface area contributed by atoms with Gasteiger partial charge in [-0.05, 0) is 79.7 Å². The van der Waals surface area contributed by atoms with Crippen molar-refractivity contribution in [3.05, 3.63) is 34.9 Å². The summed E-state index contributed by atoms with van der Waals surface area (Å²) in [7, 11) is 0. The van der Waals surface area contributed by atoms with Crippen LogP contribution in [0, 0.1) is 19.8 Å². The summed E-state index contributed by atoms with van der Waals surface area (Å²) in [5.74, 6) is -0.632. The number of rotatable bonds is 8. The molecular formula is C31H51N3O4. The van der Waals surface area contributed by atoms with Crippen LogP contribution < -0.4 is 10.6 Å². The second-order valence-electron chi connectivity index (χ2n) is 13.1. The summed E-state index contributed by atoms with van der Waals surface area (Å²) in [6.45, 7) is 19.1. The number of aryl methyl sites for hydroxylation is 2. The summed E-state index contributed by atoms with van der Waals surface area (Å²) in [5, 5.41) is 6.11. The summed E-state index contributed by atoms with van der Waals surface area (Å²) in [5.41, 5.74) is 1.44. The lowest BCUT2D eigenvalue weighted by molar-refractivity contribution is -0.149. The Morgan fingerprint density at radius 1 is 0.974 bits per heavy atom. The summed E-state index contributed by atoms with van der Waals surface area (Å²) in [4.78, 5) is 43.0. The molecule has 3 atom stereocenters. The molecule has 0 radical (unpaired) electrons. The van der Waals surface area contributed by atoms with Gasteiger partial charge in [0.25, 0.3) is 0 Å². The summed E-state index contributed by atoms with van der Waals surface area (Å²) in [6.07, 6.45) is 5.31. The van der Waals surface area contributed by atoms with E-state index in [4.69, 9.17) is 4.74 Å². The number of nitrogens with zero attached hydrogens (tertiary/aromatic N) is 1. The van der Waals surface area contributed by atoms with Gasteiger partial charge in [0.15, 0.2) is 0 Å². The zero-order chi connectivity index (χ0) is 28.8.